The molecule has 0 amide bonds. The van der Waals surface area contributed by atoms with Gasteiger partial charge in [-0.3, -0.25) is 4.90 Å². The Morgan fingerprint density at radius 1 is 0.841 bits per heavy atom. The molecule has 1 aliphatic heterocycles. The van der Waals surface area contributed by atoms with Gasteiger partial charge in [0.25, 0.3) is 0 Å². The van der Waals surface area contributed by atoms with E-state index in [-0.39, 0.29) is 25.5 Å². The zero-order chi connectivity index (χ0) is 48.0. The molecule has 0 N–H and O–H groups in total. The number of para-hydroxylation sites is 2. The van der Waals surface area contributed by atoms with Gasteiger partial charge in [0.1, 0.15) is 48.1 Å². The van der Waals surface area contributed by atoms with Crippen molar-refractivity contribution in [3.05, 3.63) is 126 Å². The minimum absolute atomic E-state index is 0.0237. The molecule has 2 unspecified atom stereocenters. The van der Waals surface area contributed by atoms with Crippen molar-refractivity contribution in [2.75, 3.05) is 60.1 Å². The van der Waals surface area contributed by atoms with E-state index in [1.165, 1.54) is 25.4 Å². The van der Waals surface area contributed by atoms with Crippen LogP contribution in [0.4, 0.5) is 9.18 Å². The molecule has 5 aromatic carbocycles. The molecule has 18 heteroatoms. The van der Waals surface area contributed by atoms with E-state index in [0.29, 0.717) is 83.8 Å². The van der Waals surface area contributed by atoms with Crippen molar-refractivity contribution in [2.24, 2.45) is 0 Å². The first kappa shape index (κ1) is 46.8. The maximum absolute atomic E-state index is 15.1. The van der Waals surface area contributed by atoms with E-state index in [1.807, 2.05) is 30.3 Å². The minimum atomic E-state index is -1.40. The number of aromatic nitrogens is 5. The number of likely N-dealkylation sites (N-methyl/N-ethyl adjacent to an activating group) is 1. The Morgan fingerprint density at radius 3 is 2.43 bits per heavy atom. The lowest BCUT2D eigenvalue weighted by Crippen LogP contribution is -2.45. The van der Waals surface area contributed by atoms with Crippen molar-refractivity contribution >= 4 is 61.6 Å². The van der Waals surface area contributed by atoms with Crippen LogP contribution in [0.2, 0.25) is 5.02 Å². The van der Waals surface area contributed by atoms with E-state index in [1.54, 1.807) is 73.4 Å². The van der Waals surface area contributed by atoms with Crippen LogP contribution < -0.4 is 18.9 Å². The molecule has 0 radical (unpaired) electrons. The highest BCUT2D eigenvalue weighted by molar-refractivity contribution is 6.42. The molecule has 9 rings (SSSR count). The molecule has 1 saturated heterocycles. The number of carbonyl (C=O) groups excluding carboxylic acids is 2. The Hall–Kier alpha value is -7.34. The van der Waals surface area contributed by atoms with Gasteiger partial charge in [-0.15, -0.1) is 0 Å². The van der Waals surface area contributed by atoms with Gasteiger partial charge in [-0.2, -0.15) is 10.1 Å². The lowest BCUT2D eigenvalue weighted by atomic mass is 9.95. The lowest BCUT2D eigenvalue weighted by Gasteiger charge is -2.32. The zero-order valence-electron chi connectivity index (χ0n) is 38.4. The van der Waals surface area contributed by atoms with E-state index in [0.717, 1.165) is 38.3 Å². The Morgan fingerprint density at radius 2 is 1.62 bits per heavy atom. The number of hydrogen-bond donors (Lipinski definition) is 0. The summed E-state index contributed by atoms with van der Waals surface area (Å²) in [5, 5.41) is 8.67. The maximum Gasteiger partial charge on any atom is 0.511 e. The van der Waals surface area contributed by atoms with Gasteiger partial charge < -0.3 is 38.1 Å². The number of halogens is 2. The van der Waals surface area contributed by atoms with E-state index in [2.05, 4.69) is 31.9 Å². The van der Waals surface area contributed by atoms with Gasteiger partial charge in [0.05, 0.1) is 30.0 Å². The number of carbonyl (C=O) groups is 2. The molecule has 0 saturated carbocycles. The molecule has 4 heterocycles. The number of nitrogens with zero attached hydrogens (tertiary/aromatic N) is 7. The molecule has 0 bridgehead atoms. The third-order valence-electron chi connectivity index (χ3n) is 11.9. The Bertz CT molecular complexity index is 3170. The summed E-state index contributed by atoms with van der Waals surface area (Å²) in [6, 6.07) is 24.6. The molecule has 16 nitrogen and oxygen atoms in total. The van der Waals surface area contributed by atoms with Crippen molar-refractivity contribution < 1.29 is 47.1 Å². The van der Waals surface area contributed by atoms with Crippen molar-refractivity contribution in [3.8, 4) is 34.5 Å². The standard InChI is InChI=1S/C51H49ClFN7O9/c1-5-64-51(62)68-31(2)67-50(61)43(26-32-10-6-8-12-40(32)66-29-34-18-19-54-48(57-34)36-11-7-9-13-41(36)63-4)69-49-47-45-37-16-17-42(65-25-24-59-22-20-58(3)21-23-59)46(52)44(37)38-27-33(53)14-15-35(38)39(45)28-60(47)56-30-55-49/h6-19,27-28,30-31,43H,5,20-26,29H2,1-4H3. The fourth-order valence-corrected chi connectivity index (χ4v) is 8.78. The van der Waals surface area contributed by atoms with Gasteiger partial charge >= 0.3 is 12.1 Å². The Kier molecular flexibility index (Phi) is 14.2. The fraction of sp³-hybridized carbons (Fsp3) is 0.294. The van der Waals surface area contributed by atoms with Crippen molar-refractivity contribution in [1.82, 2.24) is 34.4 Å². The molecule has 0 spiro atoms. The summed E-state index contributed by atoms with van der Waals surface area (Å²) in [4.78, 5) is 44.9. The SMILES string of the molecule is CCOC(=O)OC(C)OC(=O)C(Cc1ccccc1OCc1ccnc(-c2ccccc2OC)n1)Oc1ncnn2cc3c4ccc(F)cc4c4c(Cl)c(OCCN5CCN(C)CC5)ccc4c3c12. The van der Waals surface area contributed by atoms with Crippen molar-refractivity contribution in [3.63, 3.8) is 0 Å². The molecule has 356 valence electrons. The normalized spacial score (nSPS) is 14.2. The number of rotatable bonds is 17. The number of piperazine rings is 1. The van der Waals surface area contributed by atoms with Crippen LogP contribution in [0.25, 0.3) is 49.2 Å². The van der Waals surface area contributed by atoms with Crippen LogP contribution in [0, 0.1) is 5.82 Å². The van der Waals surface area contributed by atoms with Crippen LogP contribution in [-0.4, -0.2) is 119 Å². The first-order valence-electron chi connectivity index (χ1n) is 22.5. The summed E-state index contributed by atoms with van der Waals surface area (Å²) in [7, 11) is 3.70. The van der Waals surface area contributed by atoms with Gasteiger partial charge in [0, 0.05) is 74.6 Å². The van der Waals surface area contributed by atoms with Crippen molar-refractivity contribution in [2.45, 2.75) is 39.3 Å². The van der Waals surface area contributed by atoms with Crippen molar-refractivity contribution in [1.29, 1.82) is 0 Å². The largest absolute Gasteiger partial charge is 0.511 e. The summed E-state index contributed by atoms with van der Waals surface area (Å²) < 4.78 is 57.3. The number of fused-ring (bicyclic) bond motifs is 8. The quantitative estimate of drug-likeness (QED) is 0.0484. The van der Waals surface area contributed by atoms with Crippen LogP contribution in [0.3, 0.4) is 0 Å². The second-order valence-electron chi connectivity index (χ2n) is 16.3. The average Bonchev–Trinajstić information content (AvgIpc) is 3.75. The first-order valence-corrected chi connectivity index (χ1v) is 22.9. The van der Waals surface area contributed by atoms with E-state index >= 15 is 4.39 Å². The predicted octanol–water partition coefficient (Wildman–Crippen LogP) is 8.70. The molecule has 1 fully saturated rings. The van der Waals surface area contributed by atoms with Crippen LogP contribution >= 0.6 is 11.6 Å². The summed E-state index contributed by atoms with van der Waals surface area (Å²) >= 11 is 7.25. The zero-order valence-corrected chi connectivity index (χ0v) is 39.2. The molecular weight excluding hydrogens is 909 g/mol. The number of benzene rings is 5. The van der Waals surface area contributed by atoms with Gasteiger partial charge in [-0.1, -0.05) is 48.0 Å². The molecule has 69 heavy (non-hydrogen) atoms. The number of ether oxygens (including phenoxy) is 7. The maximum atomic E-state index is 15.1. The average molecular weight is 958 g/mol. The monoisotopic (exact) mass is 957 g/mol. The van der Waals surface area contributed by atoms with Crippen LogP contribution in [0.5, 0.6) is 23.1 Å². The van der Waals surface area contributed by atoms with Crippen LogP contribution in [-0.2, 0) is 32.0 Å². The van der Waals surface area contributed by atoms with E-state index in [4.69, 9.17) is 49.7 Å². The van der Waals surface area contributed by atoms with E-state index < -0.39 is 30.3 Å². The van der Waals surface area contributed by atoms with Gasteiger partial charge in [0.2, 0.25) is 18.3 Å². The highest BCUT2D eigenvalue weighted by Gasteiger charge is 2.30. The highest BCUT2D eigenvalue weighted by Crippen LogP contribution is 2.45. The smallest absolute Gasteiger partial charge is 0.496 e. The van der Waals surface area contributed by atoms with Gasteiger partial charge in [-0.05, 0) is 84.2 Å². The molecule has 0 aliphatic carbocycles. The Balaban J connectivity index is 1.07. The lowest BCUT2D eigenvalue weighted by molar-refractivity contribution is -0.176. The predicted molar refractivity (Wildman–Crippen MR) is 256 cm³/mol. The second-order valence-corrected chi connectivity index (χ2v) is 16.7. The topological polar surface area (TPSA) is 161 Å². The summed E-state index contributed by atoms with van der Waals surface area (Å²) in [5.41, 5.74) is 2.29. The summed E-state index contributed by atoms with van der Waals surface area (Å²) in [6.45, 7) is 8.11. The molecule has 1 aliphatic rings. The molecular formula is C51H49ClFN7O9. The molecule has 3 aromatic heterocycles. The Labute approximate surface area is 401 Å². The molecule has 2 atom stereocenters. The fourth-order valence-electron chi connectivity index (χ4n) is 8.46. The number of esters is 1. The van der Waals surface area contributed by atoms with E-state index in [9.17, 15) is 9.59 Å². The second kappa shape index (κ2) is 20.9. The van der Waals surface area contributed by atoms with Crippen LogP contribution in [0.15, 0.2) is 104 Å². The summed E-state index contributed by atoms with van der Waals surface area (Å²) in [6.07, 6.45) is 0.908. The van der Waals surface area contributed by atoms with Crippen LogP contribution in [0.1, 0.15) is 25.1 Å². The number of methoxy groups -OCH3 is 1. The van der Waals surface area contributed by atoms with Gasteiger partial charge in [-0.25, -0.2) is 28.5 Å². The minimum Gasteiger partial charge on any atom is -0.496 e. The molecule has 8 aromatic rings. The third kappa shape index (κ3) is 10.3. The third-order valence-corrected chi connectivity index (χ3v) is 12.2. The first-order chi connectivity index (χ1) is 33.6. The van der Waals surface area contributed by atoms with Gasteiger partial charge in [0.15, 0.2) is 5.82 Å². The summed E-state index contributed by atoms with van der Waals surface area (Å²) in [5.74, 6) is 0.700. The number of hydrogen-bond acceptors (Lipinski definition) is 15. The highest BCUT2D eigenvalue weighted by atomic mass is 35.5.